The summed E-state index contributed by atoms with van der Waals surface area (Å²) in [5.74, 6) is -0.260. The largest absolute Gasteiger partial charge is 0.341 e. The number of rotatable bonds is 3. The molecule has 1 aromatic carbocycles. The predicted octanol–water partition coefficient (Wildman–Crippen LogP) is 2.97. The maximum absolute atomic E-state index is 12.2. The molecule has 0 saturated carbocycles. The SMILES string of the molecule is CC(=O)N(CC(=O)N1CCCC1)c1cc(Cl)cc(Cl)c1. The Morgan fingerprint density at radius 2 is 1.70 bits per heavy atom. The summed E-state index contributed by atoms with van der Waals surface area (Å²) in [6.07, 6.45) is 2.05. The van der Waals surface area contributed by atoms with Crippen molar-refractivity contribution in [3.05, 3.63) is 28.2 Å². The number of carbonyl (C=O) groups excluding carboxylic acids is 2. The van der Waals surface area contributed by atoms with Gasteiger partial charge < -0.3 is 9.80 Å². The fourth-order valence-corrected chi connectivity index (χ4v) is 2.80. The van der Waals surface area contributed by atoms with E-state index >= 15 is 0 Å². The normalized spacial score (nSPS) is 14.4. The second-order valence-corrected chi connectivity index (χ2v) is 5.69. The summed E-state index contributed by atoms with van der Waals surface area (Å²) in [6.45, 7) is 2.97. The van der Waals surface area contributed by atoms with Crippen LogP contribution in [0.3, 0.4) is 0 Å². The lowest BCUT2D eigenvalue weighted by Crippen LogP contribution is -2.41. The molecule has 6 heteroatoms. The van der Waals surface area contributed by atoms with Crippen LogP contribution in [0.2, 0.25) is 10.0 Å². The lowest BCUT2D eigenvalue weighted by molar-refractivity contribution is -0.130. The highest BCUT2D eigenvalue weighted by Crippen LogP contribution is 2.25. The molecule has 1 heterocycles. The highest BCUT2D eigenvalue weighted by molar-refractivity contribution is 6.35. The lowest BCUT2D eigenvalue weighted by atomic mass is 10.2. The number of hydrogen-bond acceptors (Lipinski definition) is 2. The fourth-order valence-electron chi connectivity index (χ4n) is 2.28. The van der Waals surface area contributed by atoms with Gasteiger partial charge in [0.1, 0.15) is 6.54 Å². The van der Waals surface area contributed by atoms with Crippen molar-refractivity contribution in [3.63, 3.8) is 0 Å². The third-order valence-corrected chi connectivity index (χ3v) is 3.73. The molecule has 0 N–H and O–H groups in total. The molecule has 0 spiro atoms. The molecule has 2 rings (SSSR count). The Labute approximate surface area is 128 Å². The van der Waals surface area contributed by atoms with Crippen LogP contribution in [0.25, 0.3) is 0 Å². The Balaban J connectivity index is 2.18. The molecule has 2 amide bonds. The van der Waals surface area contributed by atoms with E-state index in [1.807, 2.05) is 0 Å². The number of amides is 2. The third-order valence-electron chi connectivity index (χ3n) is 3.29. The smallest absolute Gasteiger partial charge is 0.242 e. The van der Waals surface area contributed by atoms with E-state index in [0.29, 0.717) is 15.7 Å². The molecule has 0 radical (unpaired) electrons. The molecule has 0 unspecified atom stereocenters. The van der Waals surface area contributed by atoms with Crippen molar-refractivity contribution in [1.29, 1.82) is 0 Å². The van der Waals surface area contributed by atoms with Crippen molar-refractivity contribution in [2.24, 2.45) is 0 Å². The van der Waals surface area contributed by atoms with Crippen LogP contribution in [0, 0.1) is 0 Å². The zero-order valence-electron chi connectivity index (χ0n) is 11.2. The van der Waals surface area contributed by atoms with Crippen LogP contribution in [0.4, 0.5) is 5.69 Å². The first kappa shape index (κ1) is 15.1. The Morgan fingerprint density at radius 1 is 1.15 bits per heavy atom. The third kappa shape index (κ3) is 3.64. The van der Waals surface area contributed by atoms with Gasteiger partial charge in [0.25, 0.3) is 0 Å². The van der Waals surface area contributed by atoms with Crippen molar-refractivity contribution in [2.45, 2.75) is 19.8 Å². The molecular formula is C14H16Cl2N2O2. The summed E-state index contributed by atoms with van der Waals surface area (Å²) >= 11 is 11.9. The quantitative estimate of drug-likeness (QED) is 0.860. The first-order valence-corrected chi connectivity index (χ1v) is 7.25. The summed E-state index contributed by atoms with van der Waals surface area (Å²) in [5, 5.41) is 0.875. The van der Waals surface area contributed by atoms with Crippen LogP contribution in [0.15, 0.2) is 18.2 Å². The first-order valence-electron chi connectivity index (χ1n) is 6.49. The predicted molar refractivity (Wildman–Crippen MR) is 80.3 cm³/mol. The summed E-state index contributed by atoms with van der Waals surface area (Å²) in [6, 6.07) is 4.85. The Hall–Kier alpha value is -1.26. The molecule has 0 aliphatic carbocycles. The molecule has 1 aliphatic rings. The number of halogens is 2. The van der Waals surface area contributed by atoms with Gasteiger partial charge in [-0.25, -0.2) is 0 Å². The fraction of sp³-hybridized carbons (Fsp3) is 0.429. The highest BCUT2D eigenvalue weighted by atomic mass is 35.5. The van der Waals surface area contributed by atoms with Crippen molar-refractivity contribution in [1.82, 2.24) is 4.90 Å². The minimum absolute atomic E-state index is 0.0198. The van der Waals surface area contributed by atoms with Crippen LogP contribution in [-0.2, 0) is 9.59 Å². The van der Waals surface area contributed by atoms with Gasteiger partial charge in [-0.15, -0.1) is 0 Å². The van der Waals surface area contributed by atoms with Crippen molar-refractivity contribution < 1.29 is 9.59 Å². The second kappa shape index (κ2) is 6.46. The average Bonchev–Trinajstić information content (AvgIpc) is 2.87. The van der Waals surface area contributed by atoms with Gasteiger partial charge in [-0.05, 0) is 31.0 Å². The van der Waals surface area contributed by atoms with E-state index in [-0.39, 0.29) is 18.4 Å². The molecule has 0 aromatic heterocycles. The van der Waals surface area contributed by atoms with E-state index in [1.54, 1.807) is 23.1 Å². The molecule has 1 aliphatic heterocycles. The van der Waals surface area contributed by atoms with Crippen LogP contribution in [0.5, 0.6) is 0 Å². The molecule has 20 heavy (non-hydrogen) atoms. The Morgan fingerprint density at radius 3 is 2.20 bits per heavy atom. The molecular weight excluding hydrogens is 299 g/mol. The zero-order chi connectivity index (χ0) is 14.7. The lowest BCUT2D eigenvalue weighted by Gasteiger charge is -2.24. The van der Waals surface area contributed by atoms with Crippen LogP contribution >= 0.6 is 23.2 Å². The van der Waals surface area contributed by atoms with Crippen LogP contribution in [0.1, 0.15) is 19.8 Å². The number of likely N-dealkylation sites (tertiary alicyclic amines) is 1. The monoisotopic (exact) mass is 314 g/mol. The summed E-state index contributed by atoms with van der Waals surface area (Å²) in [7, 11) is 0. The van der Waals surface area contributed by atoms with Gasteiger partial charge in [-0.1, -0.05) is 23.2 Å². The Bertz CT molecular complexity index is 508. The van der Waals surface area contributed by atoms with Gasteiger partial charge in [0.2, 0.25) is 11.8 Å². The van der Waals surface area contributed by atoms with Gasteiger partial charge >= 0.3 is 0 Å². The number of carbonyl (C=O) groups is 2. The van der Waals surface area contributed by atoms with Gasteiger partial charge in [-0.3, -0.25) is 9.59 Å². The van der Waals surface area contributed by atoms with Crippen molar-refractivity contribution in [3.8, 4) is 0 Å². The molecule has 108 valence electrons. The Kier molecular flexibility index (Phi) is 4.89. The molecule has 1 saturated heterocycles. The first-order chi connectivity index (χ1) is 9.47. The number of nitrogens with zero attached hydrogens (tertiary/aromatic N) is 2. The minimum Gasteiger partial charge on any atom is -0.341 e. The molecule has 4 nitrogen and oxygen atoms in total. The average molecular weight is 315 g/mol. The maximum Gasteiger partial charge on any atom is 0.242 e. The number of benzene rings is 1. The van der Waals surface area contributed by atoms with E-state index in [9.17, 15) is 9.59 Å². The van der Waals surface area contributed by atoms with Crippen molar-refractivity contribution >= 4 is 40.7 Å². The maximum atomic E-state index is 12.2. The van der Waals surface area contributed by atoms with E-state index in [4.69, 9.17) is 23.2 Å². The van der Waals surface area contributed by atoms with Crippen LogP contribution < -0.4 is 4.90 Å². The minimum atomic E-state index is -0.212. The molecule has 0 bridgehead atoms. The van der Waals surface area contributed by atoms with E-state index in [2.05, 4.69) is 0 Å². The highest BCUT2D eigenvalue weighted by Gasteiger charge is 2.23. The van der Waals surface area contributed by atoms with Gasteiger partial charge in [0, 0.05) is 35.7 Å². The van der Waals surface area contributed by atoms with Crippen LogP contribution in [-0.4, -0.2) is 36.3 Å². The van der Waals surface area contributed by atoms with Gasteiger partial charge in [-0.2, -0.15) is 0 Å². The summed E-state index contributed by atoms with van der Waals surface area (Å²) in [4.78, 5) is 27.1. The summed E-state index contributed by atoms with van der Waals surface area (Å²) < 4.78 is 0. The van der Waals surface area contributed by atoms with Gasteiger partial charge in [0.05, 0.1) is 0 Å². The van der Waals surface area contributed by atoms with Crippen molar-refractivity contribution in [2.75, 3.05) is 24.5 Å². The summed E-state index contributed by atoms with van der Waals surface area (Å²) in [5.41, 5.74) is 0.544. The van der Waals surface area contributed by atoms with E-state index in [1.165, 1.54) is 11.8 Å². The zero-order valence-corrected chi connectivity index (χ0v) is 12.7. The molecule has 1 aromatic rings. The molecule has 0 atom stereocenters. The molecule has 1 fully saturated rings. The van der Waals surface area contributed by atoms with E-state index in [0.717, 1.165) is 25.9 Å². The van der Waals surface area contributed by atoms with Gasteiger partial charge in [0.15, 0.2) is 0 Å². The topological polar surface area (TPSA) is 40.6 Å². The second-order valence-electron chi connectivity index (χ2n) is 4.82. The standard InChI is InChI=1S/C14H16Cl2N2O2/c1-10(19)18(9-14(20)17-4-2-3-5-17)13-7-11(15)6-12(16)8-13/h6-8H,2-5,9H2,1H3. The van der Waals surface area contributed by atoms with E-state index < -0.39 is 0 Å². The number of anilines is 1. The number of hydrogen-bond donors (Lipinski definition) is 0.